The minimum atomic E-state index is -0.570. The average molecular weight is 344 g/mol. The van der Waals surface area contributed by atoms with Gasteiger partial charge in [-0.3, -0.25) is 10.1 Å². The highest BCUT2D eigenvalue weighted by molar-refractivity contribution is 5.71. The van der Waals surface area contributed by atoms with Crippen molar-refractivity contribution in [3.05, 3.63) is 40.4 Å². The van der Waals surface area contributed by atoms with Crippen LogP contribution in [0.4, 0.5) is 29.0 Å². The van der Waals surface area contributed by atoms with Crippen molar-refractivity contribution >= 4 is 29.0 Å². The summed E-state index contributed by atoms with van der Waals surface area (Å²) in [6.07, 6.45) is 1.92. The molecule has 0 bridgehead atoms. The van der Waals surface area contributed by atoms with Crippen LogP contribution in [0.25, 0.3) is 0 Å². The molecule has 1 atom stereocenters. The molecule has 9 nitrogen and oxygen atoms in total. The van der Waals surface area contributed by atoms with Crippen molar-refractivity contribution in [1.29, 1.82) is 0 Å². The van der Waals surface area contributed by atoms with Crippen LogP contribution in [0.1, 0.15) is 12.8 Å². The maximum Gasteiger partial charge on any atom is 0.353 e. The fourth-order valence-corrected chi connectivity index (χ4v) is 2.70. The summed E-state index contributed by atoms with van der Waals surface area (Å²) < 4.78 is 5.53. The predicted molar refractivity (Wildman–Crippen MR) is 95.1 cm³/mol. The summed E-state index contributed by atoms with van der Waals surface area (Å²) in [4.78, 5) is 20.9. The molecule has 1 aromatic heterocycles. The molecular formula is C16H20N6O3. The molecule has 2 heterocycles. The summed E-state index contributed by atoms with van der Waals surface area (Å²) >= 11 is 0. The number of benzene rings is 1. The van der Waals surface area contributed by atoms with Gasteiger partial charge in [0.15, 0.2) is 0 Å². The summed E-state index contributed by atoms with van der Waals surface area (Å²) in [5, 5.41) is 14.4. The number of nitrogens with one attached hydrogen (secondary N) is 1. The molecule has 0 amide bonds. The fraction of sp³-hybridized carbons (Fsp3) is 0.375. The number of nitrogens with two attached hydrogens (primary N) is 1. The monoisotopic (exact) mass is 344 g/mol. The molecule has 0 spiro atoms. The van der Waals surface area contributed by atoms with Gasteiger partial charge in [0.05, 0.1) is 11.0 Å². The lowest BCUT2D eigenvalue weighted by molar-refractivity contribution is -0.383. The van der Waals surface area contributed by atoms with Gasteiger partial charge in [0.25, 0.3) is 0 Å². The minimum Gasteiger partial charge on any atom is -0.378 e. The lowest BCUT2D eigenvalue weighted by atomic mass is 10.2. The predicted octanol–water partition coefficient (Wildman–Crippen LogP) is 2.33. The van der Waals surface area contributed by atoms with E-state index in [4.69, 9.17) is 10.5 Å². The van der Waals surface area contributed by atoms with Crippen molar-refractivity contribution in [3.63, 3.8) is 0 Å². The highest BCUT2D eigenvalue weighted by atomic mass is 16.6. The summed E-state index contributed by atoms with van der Waals surface area (Å²) in [5.41, 5.74) is 6.36. The van der Waals surface area contributed by atoms with Gasteiger partial charge in [-0.15, -0.1) is 0 Å². The minimum absolute atomic E-state index is 0.0195. The second kappa shape index (κ2) is 7.31. The zero-order valence-corrected chi connectivity index (χ0v) is 13.9. The van der Waals surface area contributed by atoms with Crippen molar-refractivity contribution in [1.82, 2.24) is 9.97 Å². The largest absolute Gasteiger partial charge is 0.378 e. The molecular weight excluding hydrogens is 324 g/mol. The summed E-state index contributed by atoms with van der Waals surface area (Å²) in [5.74, 6) is 0.211. The van der Waals surface area contributed by atoms with Crippen LogP contribution in [0.15, 0.2) is 30.3 Å². The van der Waals surface area contributed by atoms with Crippen molar-refractivity contribution < 1.29 is 9.66 Å². The molecule has 1 fully saturated rings. The van der Waals surface area contributed by atoms with Crippen molar-refractivity contribution in [2.45, 2.75) is 18.9 Å². The number of nitro groups is 1. The van der Waals surface area contributed by atoms with Crippen LogP contribution in [0.3, 0.4) is 0 Å². The Morgan fingerprint density at radius 1 is 1.40 bits per heavy atom. The topological polar surface area (TPSA) is 119 Å². The van der Waals surface area contributed by atoms with Crippen LogP contribution in [0, 0.1) is 10.1 Å². The van der Waals surface area contributed by atoms with Gasteiger partial charge < -0.3 is 20.7 Å². The van der Waals surface area contributed by atoms with Gasteiger partial charge in [-0.05, 0) is 25.0 Å². The number of nitrogen functional groups attached to an aromatic ring is 1. The van der Waals surface area contributed by atoms with Crippen LogP contribution in [0.2, 0.25) is 0 Å². The van der Waals surface area contributed by atoms with E-state index < -0.39 is 4.92 Å². The van der Waals surface area contributed by atoms with E-state index in [2.05, 4.69) is 15.3 Å². The zero-order chi connectivity index (χ0) is 17.8. The molecule has 0 aliphatic carbocycles. The Hall–Kier alpha value is -2.94. The number of aromatic nitrogens is 2. The van der Waals surface area contributed by atoms with Gasteiger partial charge in [0, 0.05) is 25.9 Å². The molecule has 1 aliphatic heterocycles. The Labute approximate surface area is 145 Å². The molecule has 1 aromatic carbocycles. The third kappa shape index (κ3) is 3.77. The van der Waals surface area contributed by atoms with E-state index in [0.29, 0.717) is 13.2 Å². The number of para-hydroxylation sites is 1. The lowest BCUT2D eigenvalue weighted by Gasteiger charge is -2.19. The quantitative estimate of drug-likeness (QED) is 0.605. The third-order valence-electron chi connectivity index (χ3n) is 4.05. The third-order valence-corrected chi connectivity index (χ3v) is 4.05. The van der Waals surface area contributed by atoms with Crippen LogP contribution in [-0.2, 0) is 4.74 Å². The van der Waals surface area contributed by atoms with E-state index in [9.17, 15) is 10.1 Å². The van der Waals surface area contributed by atoms with Gasteiger partial charge >= 0.3 is 5.69 Å². The van der Waals surface area contributed by atoms with Gasteiger partial charge in [0.1, 0.15) is 0 Å². The SMILES string of the molecule is CN(c1ccccc1)c1nc(N)c([N+](=O)[O-])c(NC[C@@H]2CCCO2)n1. The first-order chi connectivity index (χ1) is 12.1. The van der Waals surface area contributed by atoms with E-state index in [1.54, 1.807) is 11.9 Å². The summed E-state index contributed by atoms with van der Waals surface area (Å²) in [6.45, 7) is 1.15. The van der Waals surface area contributed by atoms with Gasteiger partial charge in [0.2, 0.25) is 17.6 Å². The second-order valence-electron chi connectivity index (χ2n) is 5.77. The van der Waals surface area contributed by atoms with Gasteiger partial charge in [-0.1, -0.05) is 18.2 Å². The molecule has 3 N–H and O–H groups in total. The first kappa shape index (κ1) is 16.9. The van der Waals surface area contributed by atoms with E-state index in [1.165, 1.54) is 0 Å². The Balaban J connectivity index is 1.90. The number of ether oxygens (including phenoxy) is 1. The molecule has 9 heteroatoms. The van der Waals surface area contributed by atoms with E-state index in [0.717, 1.165) is 18.5 Å². The smallest absolute Gasteiger partial charge is 0.353 e. The highest BCUT2D eigenvalue weighted by Crippen LogP contribution is 2.32. The van der Waals surface area contributed by atoms with E-state index in [1.807, 2.05) is 30.3 Å². The Morgan fingerprint density at radius 2 is 2.16 bits per heavy atom. The molecule has 1 saturated heterocycles. The number of hydrogen-bond donors (Lipinski definition) is 2. The maximum atomic E-state index is 11.4. The summed E-state index contributed by atoms with van der Waals surface area (Å²) in [7, 11) is 1.78. The first-order valence-electron chi connectivity index (χ1n) is 8.02. The number of hydrogen-bond acceptors (Lipinski definition) is 8. The molecule has 0 unspecified atom stereocenters. The molecule has 132 valence electrons. The number of nitrogens with zero attached hydrogens (tertiary/aromatic N) is 4. The normalized spacial score (nSPS) is 16.6. The van der Waals surface area contributed by atoms with Crippen molar-refractivity contribution in [2.75, 3.05) is 36.1 Å². The Kier molecular flexibility index (Phi) is 4.94. The lowest BCUT2D eigenvalue weighted by Crippen LogP contribution is -2.21. The number of rotatable bonds is 6. The van der Waals surface area contributed by atoms with E-state index >= 15 is 0 Å². The Morgan fingerprint density at radius 3 is 2.80 bits per heavy atom. The molecule has 0 radical (unpaired) electrons. The van der Waals surface area contributed by atoms with Crippen LogP contribution >= 0.6 is 0 Å². The molecule has 3 rings (SSSR count). The van der Waals surface area contributed by atoms with E-state index in [-0.39, 0.29) is 29.4 Å². The average Bonchev–Trinajstić information content (AvgIpc) is 3.12. The van der Waals surface area contributed by atoms with Crippen LogP contribution < -0.4 is 16.0 Å². The fourth-order valence-electron chi connectivity index (χ4n) is 2.70. The molecule has 1 aliphatic rings. The molecule has 25 heavy (non-hydrogen) atoms. The maximum absolute atomic E-state index is 11.4. The van der Waals surface area contributed by atoms with Gasteiger partial charge in [-0.2, -0.15) is 9.97 Å². The second-order valence-corrected chi connectivity index (χ2v) is 5.77. The van der Waals surface area contributed by atoms with Crippen molar-refractivity contribution in [2.24, 2.45) is 0 Å². The highest BCUT2D eigenvalue weighted by Gasteiger charge is 2.25. The first-order valence-corrected chi connectivity index (χ1v) is 8.02. The van der Waals surface area contributed by atoms with Crippen molar-refractivity contribution in [3.8, 4) is 0 Å². The number of anilines is 4. The van der Waals surface area contributed by atoms with Crippen LogP contribution in [-0.4, -0.2) is 41.2 Å². The zero-order valence-electron chi connectivity index (χ0n) is 13.9. The Bertz CT molecular complexity index is 749. The standard InChI is InChI=1S/C16H20N6O3/c1-21(11-6-3-2-4-7-11)16-19-14(17)13(22(23)24)15(20-16)18-10-12-8-5-9-25-12/h2-4,6-7,12H,5,8-10H2,1H3,(H3,17,18,19,20)/t12-/m0/s1. The molecule has 0 saturated carbocycles. The van der Waals surface area contributed by atoms with Crippen LogP contribution in [0.5, 0.6) is 0 Å². The van der Waals surface area contributed by atoms with Gasteiger partial charge in [-0.25, -0.2) is 0 Å². The summed E-state index contributed by atoms with van der Waals surface area (Å²) in [6, 6.07) is 9.45. The molecule has 2 aromatic rings.